The zero-order chi connectivity index (χ0) is 43.9. The van der Waals surface area contributed by atoms with E-state index in [-0.39, 0.29) is 46.1 Å². The van der Waals surface area contributed by atoms with Gasteiger partial charge in [0.2, 0.25) is 0 Å². The Hall–Kier alpha value is -5.96. The van der Waals surface area contributed by atoms with Crippen molar-refractivity contribution in [3.05, 3.63) is 121 Å². The Morgan fingerprint density at radius 1 is 1.10 bits per heavy atom. The summed E-state index contributed by atoms with van der Waals surface area (Å²) in [6, 6.07) is 12.1. The van der Waals surface area contributed by atoms with Gasteiger partial charge in [-0.25, -0.2) is 14.8 Å². The van der Waals surface area contributed by atoms with Crippen LogP contribution < -0.4 is 26.5 Å². The van der Waals surface area contributed by atoms with E-state index in [2.05, 4.69) is 15.6 Å². The van der Waals surface area contributed by atoms with E-state index in [1.807, 2.05) is 51.4 Å². The molecule has 14 nitrogen and oxygen atoms in total. The number of aliphatic hydroxyl groups excluding tert-OH is 2. The number of nitrogens with two attached hydrogens (primary N) is 1. The van der Waals surface area contributed by atoms with Crippen LogP contribution >= 0.6 is 0 Å². The second-order valence-corrected chi connectivity index (χ2v) is 16.9. The first kappa shape index (κ1) is 42.7. The van der Waals surface area contributed by atoms with Crippen LogP contribution in [-0.2, 0) is 35.4 Å². The largest absolute Gasteiger partial charge is 0.508 e. The van der Waals surface area contributed by atoms with E-state index in [0.717, 1.165) is 28.6 Å². The Kier molecular flexibility index (Phi) is 12.0. The maximum Gasteiger partial charge on any atom is 0.334 e. The summed E-state index contributed by atoms with van der Waals surface area (Å²) in [5, 5.41) is 51.6. The number of hydrogen-bond donors (Lipinski definition) is 7. The van der Waals surface area contributed by atoms with Crippen molar-refractivity contribution in [2.75, 3.05) is 37.8 Å². The van der Waals surface area contributed by atoms with Gasteiger partial charge in [0.25, 0.3) is 0 Å². The number of esters is 1. The highest BCUT2D eigenvalue weighted by atomic mass is 16.6. The number of nitrogens with zero attached hydrogens (tertiary/aromatic N) is 2. The molecule has 0 fully saturated rings. The number of nitrogen functional groups attached to an aromatic ring is 1. The third-order valence-electron chi connectivity index (χ3n) is 13.3. The smallest absolute Gasteiger partial charge is 0.334 e. The molecule has 8 rings (SSSR count). The molecule has 0 unspecified atom stereocenters. The molecule has 6 atom stereocenters. The normalized spacial score (nSPS) is 23.0. The van der Waals surface area contributed by atoms with Crippen molar-refractivity contribution in [2.45, 2.75) is 95.4 Å². The molecule has 3 aliphatic rings. The predicted octanol–water partition coefficient (Wildman–Crippen LogP) is 5.86. The third-order valence-corrected chi connectivity index (χ3v) is 13.3. The lowest BCUT2D eigenvalue weighted by Gasteiger charge is -2.49. The first-order chi connectivity index (χ1) is 29.9. The number of benzene rings is 2. The molecule has 62 heavy (non-hydrogen) atoms. The minimum Gasteiger partial charge on any atom is -0.508 e. The second kappa shape index (κ2) is 17.4. The Labute approximate surface area is 359 Å². The molecule has 4 bridgehead atoms. The summed E-state index contributed by atoms with van der Waals surface area (Å²) in [6.07, 6.45) is 6.65. The van der Waals surface area contributed by atoms with Crippen LogP contribution in [0.3, 0.4) is 0 Å². The zero-order valence-corrected chi connectivity index (χ0v) is 35.5. The number of pyridine rings is 2. The van der Waals surface area contributed by atoms with E-state index in [0.29, 0.717) is 73.3 Å². The van der Waals surface area contributed by atoms with Crippen LogP contribution in [-0.4, -0.2) is 74.8 Å². The van der Waals surface area contributed by atoms with Crippen molar-refractivity contribution < 1.29 is 39.1 Å². The highest BCUT2D eigenvalue weighted by molar-refractivity contribution is 5.92. The molecule has 0 radical (unpaired) electrons. The summed E-state index contributed by atoms with van der Waals surface area (Å²) in [4.78, 5) is 37.8. The lowest BCUT2D eigenvalue weighted by atomic mass is 9.67. The van der Waals surface area contributed by atoms with E-state index < -0.39 is 59.8 Å². The first-order valence-electron chi connectivity index (χ1n) is 21.4. The van der Waals surface area contributed by atoms with Crippen LogP contribution in [0.1, 0.15) is 102 Å². The van der Waals surface area contributed by atoms with Gasteiger partial charge >= 0.3 is 5.97 Å². The molecule has 5 heterocycles. The van der Waals surface area contributed by atoms with Crippen LogP contribution in [0, 0.1) is 5.92 Å². The average Bonchev–Trinajstić information content (AvgIpc) is 3.31. The topological polar surface area (TPSA) is 223 Å². The fourth-order valence-electron chi connectivity index (χ4n) is 10.2. The molecule has 0 amide bonds. The van der Waals surface area contributed by atoms with Gasteiger partial charge in [-0.05, 0) is 119 Å². The molecule has 2 aliphatic heterocycles. The van der Waals surface area contributed by atoms with E-state index >= 15 is 0 Å². The van der Waals surface area contributed by atoms with Gasteiger partial charge in [-0.2, -0.15) is 0 Å². The molecule has 1 aliphatic carbocycles. The molecule has 3 aromatic heterocycles. The lowest BCUT2D eigenvalue weighted by Crippen LogP contribution is -2.57. The van der Waals surface area contributed by atoms with Crippen molar-refractivity contribution in [1.29, 1.82) is 0 Å². The number of carbonyl (C=O) groups excluding carboxylic acids is 1. The second-order valence-electron chi connectivity index (χ2n) is 16.9. The molecular formula is C48H55N5O9. The van der Waals surface area contributed by atoms with Crippen molar-refractivity contribution in [3.8, 4) is 17.2 Å². The lowest BCUT2D eigenvalue weighted by molar-refractivity contribution is -0.165. The van der Waals surface area contributed by atoms with Crippen LogP contribution in [0.2, 0.25) is 0 Å². The summed E-state index contributed by atoms with van der Waals surface area (Å²) in [5.41, 5.74) is 10.1. The van der Waals surface area contributed by atoms with Crippen LogP contribution in [0.4, 0.5) is 11.6 Å². The van der Waals surface area contributed by atoms with Crippen molar-refractivity contribution in [2.24, 2.45) is 5.92 Å². The Morgan fingerprint density at radius 2 is 1.92 bits per heavy atom. The average molecular weight is 846 g/mol. The van der Waals surface area contributed by atoms with Gasteiger partial charge in [0.1, 0.15) is 63.9 Å². The van der Waals surface area contributed by atoms with Crippen LogP contribution in [0.15, 0.2) is 75.7 Å². The number of aromatic hydroxyl groups is 2. The molecule has 0 spiro atoms. The molecule has 8 N–H and O–H groups in total. The molecule has 5 aromatic rings. The SMILES string of the molecule is C/C=C(/CCNC)C(=O)O[C@@H]1Cc2c3c(c4oc(CO)cc(=O)c4c2O)[C@@H]2c4ccnc(N)c4[C@@H](CCc4ccc(O)cc4[C@H]2CO)C[C@@H](Cc2ccc(NCC)nc2)[C@]1(C)O3. The molecule has 0 saturated carbocycles. The van der Waals surface area contributed by atoms with Gasteiger partial charge in [-0.15, -0.1) is 0 Å². The van der Waals surface area contributed by atoms with Gasteiger partial charge < -0.3 is 50.7 Å². The van der Waals surface area contributed by atoms with Crippen LogP contribution in [0.25, 0.3) is 11.0 Å². The van der Waals surface area contributed by atoms with Crippen molar-refractivity contribution in [1.82, 2.24) is 15.3 Å². The number of phenols is 2. The Balaban J connectivity index is 1.48. The third kappa shape index (κ3) is 7.54. The Morgan fingerprint density at radius 3 is 2.63 bits per heavy atom. The van der Waals surface area contributed by atoms with E-state index in [9.17, 15) is 30.0 Å². The highest BCUT2D eigenvalue weighted by Crippen LogP contribution is 2.58. The maximum absolute atomic E-state index is 14.2. The summed E-state index contributed by atoms with van der Waals surface area (Å²) in [5.74, 6) is -2.03. The molecular weight excluding hydrogens is 791 g/mol. The quantitative estimate of drug-likeness (QED) is 0.0612. The summed E-state index contributed by atoms with van der Waals surface area (Å²) >= 11 is 0. The standard InChI is InChI=1S/C48H55N5O9/c1-5-26(13-15-50-4)47(59)61-37-21-34-43(58)41-36(57)20-31(23-54)60-45(41)42-40-32-14-16-52-46(49)39(32)28(9-8-27-10-11-30(56)19-33(27)35(40)24-55)18-29(48(37,3)62-44(34)42)17-25-7-12-38(51-6-2)53-22-25/h5,7,10-12,14,16,19-20,22,28-29,35,37,40,50,54-56,58H,6,8-9,13,15,17-18,21,23-24H2,1-4H3,(H2,49,52)(H,51,53)/b26-5-/t28-,29+,35+,37+,40+,48-/m0/s1. The number of phenolic OH excluding ortho intramolecular Hbond substituents is 2. The summed E-state index contributed by atoms with van der Waals surface area (Å²) < 4.78 is 20.5. The van der Waals surface area contributed by atoms with Crippen molar-refractivity contribution in [3.63, 3.8) is 0 Å². The fourth-order valence-corrected chi connectivity index (χ4v) is 10.2. The molecule has 14 heteroatoms. The van der Waals surface area contributed by atoms with Gasteiger partial charge in [0.05, 0.1) is 6.61 Å². The fraction of sp³-hybridized carbons (Fsp3) is 0.417. The van der Waals surface area contributed by atoms with E-state index in [1.165, 1.54) is 0 Å². The van der Waals surface area contributed by atoms with Crippen LogP contribution in [0.5, 0.6) is 17.2 Å². The number of anilines is 2. The predicted molar refractivity (Wildman–Crippen MR) is 235 cm³/mol. The number of allylic oxidation sites excluding steroid dienone is 1. The van der Waals surface area contributed by atoms with E-state index in [1.54, 1.807) is 31.3 Å². The number of carbonyl (C=O) groups is 1. The molecule has 326 valence electrons. The number of aromatic nitrogens is 2. The van der Waals surface area contributed by atoms with Gasteiger partial charge in [-0.3, -0.25) is 4.79 Å². The first-order valence-corrected chi connectivity index (χ1v) is 21.4. The number of aliphatic hydroxyl groups is 2. The maximum atomic E-state index is 14.2. The number of rotatable bonds is 11. The van der Waals surface area contributed by atoms with Gasteiger partial charge in [0.15, 0.2) is 5.43 Å². The summed E-state index contributed by atoms with van der Waals surface area (Å²) in [7, 11) is 1.81. The minimum atomic E-state index is -1.31. The number of hydrogen-bond acceptors (Lipinski definition) is 14. The molecule has 2 aromatic carbocycles. The highest BCUT2D eigenvalue weighted by Gasteiger charge is 2.54. The Bertz CT molecular complexity index is 2590. The molecule has 0 saturated heterocycles. The number of aryl methyl sites for hydroxylation is 1. The number of ether oxygens (including phenoxy) is 2. The van der Waals surface area contributed by atoms with Crippen molar-refractivity contribution >= 4 is 28.6 Å². The van der Waals surface area contributed by atoms with E-state index in [4.69, 9.17) is 24.6 Å². The number of fused-ring (bicyclic) bond motifs is 5. The van der Waals surface area contributed by atoms with Gasteiger partial charge in [0, 0.05) is 71.4 Å². The summed E-state index contributed by atoms with van der Waals surface area (Å²) in [6.45, 7) is 5.95. The van der Waals surface area contributed by atoms with Gasteiger partial charge in [-0.1, -0.05) is 18.2 Å². The monoisotopic (exact) mass is 845 g/mol. The number of nitrogens with one attached hydrogen (secondary N) is 2. The zero-order valence-electron chi connectivity index (χ0n) is 35.5. The minimum absolute atomic E-state index is 0.0137.